The lowest BCUT2D eigenvalue weighted by Gasteiger charge is -2.51. The number of amides is 2. The molecular weight excluding hydrogens is 428 g/mol. The van der Waals surface area contributed by atoms with Crippen LogP contribution in [0, 0.1) is 5.92 Å². The van der Waals surface area contributed by atoms with E-state index < -0.39 is 0 Å². The molecule has 0 unspecified atom stereocenters. The van der Waals surface area contributed by atoms with E-state index in [2.05, 4.69) is 64.5 Å². The van der Waals surface area contributed by atoms with E-state index in [0.717, 1.165) is 44.5 Å². The van der Waals surface area contributed by atoms with Crippen molar-refractivity contribution in [2.24, 2.45) is 5.92 Å². The van der Waals surface area contributed by atoms with E-state index >= 15 is 0 Å². The summed E-state index contributed by atoms with van der Waals surface area (Å²) in [5.41, 5.74) is 2.06. The number of hydrogen-bond acceptors (Lipinski definition) is 5. The van der Waals surface area contributed by atoms with Gasteiger partial charge in [-0.1, -0.05) is 42.0 Å². The summed E-state index contributed by atoms with van der Waals surface area (Å²) >= 11 is 0. The van der Waals surface area contributed by atoms with Crippen LogP contribution < -0.4 is 0 Å². The molecule has 34 heavy (non-hydrogen) atoms. The zero-order valence-corrected chi connectivity index (χ0v) is 20.6. The van der Waals surface area contributed by atoms with E-state index in [1.165, 1.54) is 24.8 Å². The quantitative estimate of drug-likeness (QED) is 0.647. The number of carbonyl (C=O) groups is 1. The van der Waals surface area contributed by atoms with Crippen LogP contribution in [0.1, 0.15) is 56.2 Å². The van der Waals surface area contributed by atoms with Crippen molar-refractivity contribution in [2.75, 3.05) is 33.8 Å². The van der Waals surface area contributed by atoms with Gasteiger partial charge in [-0.3, -0.25) is 4.90 Å². The first-order chi connectivity index (χ1) is 16.5. The molecule has 1 spiro atoms. The Morgan fingerprint density at radius 2 is 1.85 bits per heavy atom. The molecule has 2 saturated carbocycles. The fraction of sp³-hybridized carbons (Fsp3) is 0.654. The summed E-state index contributed by atoms with van der Waals surface area (Å²) in [5, 5.41) is 17.5. The number of carbonyl (C=O) groups excluding carboxylic acids is 1. The highest BCUT2D eigenvalue weighted by Crippen LogP contribution is 2.49. The summed E-state index contributed by atoms with van der Waals surface area (Å²) in [6.45, 7) is 2.56. The standard InChI is InChI=1S/C26H38N6O2/c1-29(2)26(22-9-4-3-5-10-22)13-11-25(12-14-26)20-30(18-23-19-31(15-16-33)28-27-23)24(34)32(25)17-21-7-6-8-21/h3-5,9-10,19,21,33H,6-8,11-18,20H2,1-2H3/t25-,26-. The molecule has 0 atom stereocenters. The van der Waals surface area contributed by atoms with Crippen molar-refractivity contribution in [3.05, 3.63) is 47.8 Å². The van der Waals surface area contributed by atoms with Crippen LogP contribution in [0.4, 0.5) is 4.79 Å². The molecule has 0 radical (unpaired) electrons. The molecule has 5 rings (SSSR count). The zero-order chi connectivity index (χ0) is 23.8. The zero-order valence-electron chi connectivity index (χ0n) is 20.6. The SMILES string of the molecule is CN(C)[C@]1(c2ccccc2)CC[C@@]2(CC1)CN(Cc1cn(CCO)nn1)C(=O)N2CC1CCC1. The minimum Gasteiger partial charge on any atom is -0.394 e. The molecule has 2 aromatic rings. The highest BCUT2D eigenvalue weighted by Gasteiger charge is 2.54. The first-order valence-corrected chi connectivity index (χ1v) is 12.8. The molecule has 8 nitrogen and oxygen atoms in total. The molecule has 1 aromatic heterocycles. The van der Waals surface area contributed by atoms with Crippen LogP contribution >= 0.6 is 0 Å². The maximum atomic E-state index is 13.7. The monoisotopic (exact) mass is 466 g/mol. The number of aliphatic hydroxyl groups excluding tert-OH is 1. The van der Waals surface area contributed by atoms with Gasteiger partial charge >= 0.3 is 6.03 Å². The van der Waals surface area contributed by atoms with Crippen molar-refractivity contribution in [2.45, 2.75) is 69.1 Å². The first kappa shape index (κ1) is 23.3. The summed E-state index contributed by atoms with van der Waals surface area (Å²) in [5.74, 6) is 0.640. The van der Waals surface area contributed by atoms with Crippen molar-refractivity contribution in [3.8, 4) is 0 Å². The highest BCUT2D eigenvalue weighted by atomic mass is 16.3. The Balaban J connectivity index is 1.37. The van der Waals surface area contributed by atoms with Crippen molar-refractivity contribution < 1.29 is 9.90 Å². The van der Waals surface area contributed by atoms with Crippen LogP contribution in [0.5, 0.6) is 0 Å². The largest absolute Gasteiger partial charge is 0.394 e. The summed E-state index contributed by atoms with van der Waals surface area (Å²) in [7, 11) is 4.39. The fourth-order valence-corrected chi connectivity index (χ4v) is 6.33. The van der Waals surface area contributed by atoms with Gasteiger partial charge in [0.25, 0.3) is 0 Å². The van der Waals surface area contributed by atoms with E-state index in [-0.39, 0.29) is 23.7 Å². The summed E-state index contributed by atoms with van der Waals surface area (Å²) in [4.78, 5) is 20.3. The van der Waals surface area contributed by atoms with Crippen LogP contribution in [0.25, 0.3) is 0 Å². The van der Waals surface area contributed by atoms with Crippen molar-refractivity contribution >= 4 is 6.03 Å². The Kier molecular flexibility index (Phi) is 6.37. The average molecular weight is 467 g/mol. The van der Waals surface area contributed by atoms with Gasteiger partial charge in [-0.25, -0.2) is 9.48 Å². The molecule has 0 bridgehead atoms. The van der Waals surface area contributed by atoms with Gasteiger partial charge in [0.2, 0.25) is 0 Å². The van der Waals surface area contributed by atoms with E-state index in [9.17, 15) is 4.79 Å². The Bertz CT molecular complexity index is 978. The van der Waals surface area contributed by atoms with Crippen LogP contribution in [0.2, 0.25) is 0 Å². The number of hydrogen-bond donors (Lipinski definition) is 1. The van der Waals surface area contributed by atoms with Crippen molar-refractivity contribution in [3.63, 3.8) is 0 Å². The maximum Gasteiger partial charge on any atom is 0.320 e. The maximum absolute atomic E-state index is 13.7. The van der Waals surface area contributed by atoms with Crippen molar-refractivity contribution in [1.82, 2.24) is 29.7 Å². The van der Waals surface area contributed by atoms with Gasteiger partial charge in [-0.05, 0) is 64.1 Å². The molecule has 8 heteroatoms. The first-order valence-electron chi connectivity index (χ1n) is 12.8. The second-order valence-corrected chi connectivity index (χ2v) is 10.8. The topological polar surface area (TPSA) is 77.7 Å². The minimum absolute atomic E-state index is 0.0120. The third-order valence-electron chi connectivity index (χ3n) is 8.67. The third-order valence-corrected chi connectivity index (χ3v) is 8.67. The van der Waals surface area contributed by atoms with Crippen LogP contribution in [-0.2, 0) is 18.6 Å². The van der Waals surface area contributed by atoms with E-state index in [1.54, 1.807) is 4.68 Å². The Morgan fingerprint density at radius 1 is 1.12 bits per heavy atom. The second kappa shape index (κ2) is 9.30. The molecule has 2 heterocycles. The van der Waals surface area contributed by atoms with E-state index in [0.29, 0.717) is 19.0 Å². The predicted octanol–water partition coefficient (Wildman–Crippen LogP) is 3.08. The Morgan fingerprint density at radius 3 is 2.47 bits per heavy atom. The molecule has 1 aliphatic heterocycles. The Hall–Kier alpha value is -2.45. The molecule has 1 saturated heterocycles. The number of nitrogens with zero attached hydrogens (tertiary/aromatic N) is 6. The summed E-state index contributed by atoms with van der Waals surface area (Å²) < 4.78 is 1.64. The lowest BCUT2D eigenvalue weighted by molar-refractivity contribution is 0.0159. The second-order valence-electron chi connectivity index (χ2n) is 10.8. The Labute approximate surface area is 202 Å². The van der Waals surface area contributed by atoms with Gasteiger partial charge in [0, 0.05) is 18.6 Å². The molecule has 1 N–H and O–H groups in total. The lowest BCUT2D eigenvalue weighted by Crippen LogP contribution is -2.56. The molecule has 3 fully saturated rings. The molecular formula is C26H38N6O2. The fourth-order valence-electron chi connectivity index (χ4n) is 6.33. The number of aliphatic hydroxyl groups is 1. The van der Waals surface area contributed by atoms with Crippen LogP contribution in [-0.4, -0.2) is 80.2 Å². The van der Waals surface area contributed by atoms with Gasteiger partial charge in [0.15, 0.2) is 0 Å². The molecule has 2 amide bonds. The molecule has 1 aromatic carbocycles. The minimum atomic E-state index is -0.109. The number of rotatable bonds is 8. The average Bonchev–Trinajstić information content (AvgIpc) is 3.35. The summed E-state index contributed by atoms with van der Waals surface area (Å²) in [6, 6.07) is 11.0. The highest BCUT2D eigenvalue weighted by molar-refractivity contribution is 5.78. The normalized spacial score (nSPS) is 27.7. The van der Waals surface area contributed by atoms with Gasteiger partial charge in [0.1, 0.15) is 5.69 Å². The van der Waals surface area contributed by atoms with Gasteiger partial charge in [-0.2, -0.15) is 0 Å². The summed E-state index contributed by atoms with van der Waals surface area (Å²) in [6.07, 6.45) is 9.70. The van der Waals surface area contributed by atoms with Crippen molar-refractivity contribution in [1.29, 1.82) is 0 Å². The van der Waals surface area contributed by atoms with Gasteiger partial charge in [0.05, 0.1) is 31.4 Å². The van der Waals surface area contributed by atoms with Crippen LogP contribution in [0.15, 0.2) is 36.5 Å². The number of urea groups is 1. The smallest absolute Gasteiger partial charge is 0.320 e. The van der Waals surface area contributed by atoms with E-state index in [1.807, 2.05) is 11.1 Å². The molecule has 3 aliphatic rings. The third kappa shape index (κ3) is 4.11. The van der Waals surface area contributed by atoms with E-state index in [4.69, 9.17) is 5.11 Å². The number of aromatic nitrogens is 3. The van der Waals surface area contributed by atoms with Gasteiger partial charge < -0.3 is 14.9 Å². The van der Waals surface area contributed by atoms with Gasteiger partial charge in [-0.15, -0.1) is 5.10 Å². The lowest BCUT2D eigenvalue weighted by atomic mass is 9.68. The van der Waals surface area contributed by atoms with Crippen LogP contribution in [0.3, 0.4) is 0 Å². The predicted molar refractivity (Wildman–Crippen MR) is 130 cm³/mol. The molecule has 184 valence electrons. The molecule has 2 aliphatic carbocycles. The number of benzene rings is 1.